The summed E-state index contributed by atoms with van der Waals surface area (Å²) in [6.45, 7) is 0.698. The minimum absolute atomic E-state index is 0.0372. The second-order valence-electron chi connectivity index (χ2n) is 4.41. The van der Waals surface area contributed by atoms with E-state index < -0.39 is 4.92 Å². The van der Waals surface area contributed by atoms with Gasteiger partial charge in [0.2, 0.25) is 5.82 Å². The molecule has 0 spiro atoms. The topological polar surface area (TPSA) is 68.1 Å². The first kappa shape index (κ1) is 12.5. The van der Waals surface area contributed by atoms with Crippen LogP contribution >= 0.6 is 0 Å². The molecule has 5 nitrogen and oxygen atoms in total. The molecule has 0 unspecified atom stereocenters. The molecule has 0 bridgehead atoms. The van der Waals surface area contributed by atoms with Crippen LogP contribution in [0.1, 0.15) is 32.1 Å². The summed E-state index contributed by atoms with van der Waals surface area (Å²) < 4.78 is 0. The summed E-state index contributed by atoms with van der Waals surface area (Å²) in [5, 5.41) is 13.8. The molecule has 5 heteroatoms. The van der Waals surface area contributed by atoms with Crippen molar-refractivity contribution in [2.75, 3.05) is 11.9 Å². The van der Waals surface area contributed by atoms with Crippen molar-refractivity contribution in [2.24, 2.45) is 0 Å². The van der Waals surface area contributed by atoms with Crippen molar-refractivity contribution < 1.29 is 4.92 Å². The monoisotopic (exact) mass is 247 g/mol. The van der Waals surface area contributed by atoms with E-state index in [1.54, 1.807) is 12.3 Å². The summed E-state index contributed by atoms with van der Waals surface area (Å²) in [5.41, 5.74) is 1.49. The molecule has 1 N–H and O–H groups in total. The fourth-order valence-electron chi connectivity index (χ4n) is 2.15. The molecule has 0 amide bonds. The van der Waals surface area contributed by atoms with Gasteiger partial charge in [0.15, 0.2) is 0 Å². The Hall–Kier alpha value is -1.91. The minimum Gasteiger partial charge on any atom is -0.364 e. The van der Waals surface area contributed by atoms with Crippen LogP contribution in [0, 0.1) is 10.1 Å². The van der Waals surface area contributed by atoms with Gasteiger partial charge in [0.25, 0.3) is 0 Å². The normalized spacial score (nSPS) is 15.0. The molecule has 1 aromatic rings. The molecule has 0 aliphatic heterocycles. The van der Waals surface area contributed by atoms with Crippen molar-refractivity contribution in [1.82, 2.24) is 4.98 Å². The maximum Gasteiger partial charge on any atom is 0.311 e. The van der Waals surface area contributed by atoms with Gasteiger partial charge in [-0.2, -0.15) is 0 Å². The number of allylic oxidation sites excluding steroid dienone is 1. The first-order chi connectivity index (χ1) is 8.77. The Morgan fingerprint density at radius 2 is 2.33 bits per heavy atom. The van der Waals surface area contributed by atoms with Crippen molar-refractivity contribution in [1.29, 1.82) is 0 Å². The number of hydrogen-bond donors (Lipinski definition) is 1. The lowest BCUT2D eigenvalue weighted by Crippen LogP contribution is -2.07. The van der Waals surface area contributed by atoms with Gasteiger partial charge < -0.3 is 5.32 Å². The highest BCUT2D eigenvalue weighted by Crippen LogP contribution is 2.22. The lowest BCUT2D eigenvalue weighted by molar-refractivity contribution is -0.384. The van der Waals surface area contributed by atoms with Crippen molar-refractivity contribution in [2.45, 2.75) is 32.1 Å². The Bertz CT molecular complexity index is 457. The Labute approximate surface area is 106 Å². The third kappa shape index (κ3) is 3.29. The van der Waals surface area contributed by atoms with E-state index in [4.69, 9.17) is 0 Å². The van der Waals surface area contributed by atoms with E-state index in [1.165, 1.54) is 30.9 Å². The molecule has 0 aromatic carbocycles. The molecule has 1 aliphatic carbocycles. The number of nitro groups is 1. The smallest absolute Gasteiger partial charge is 0.311 e. The molecule has 0 atom stereocenters. The van der Waals surface area contributed by atoms with Gasteiger partial charge >= 0.3 is 5.69 Å². The lowest BCUT2D eigenvalue weighted by atomic mass is 9.97. The first-order valence-corrected chi connectivity index (χ1v) is 6.28. The van der Waals surface area contributed by atoms with E-state index in [-0.39, 0.29) is 5.69 Å². The summed E-state index contributed by atoms with van der Waals surface area (Å²) in [5.74, 6) is 0.360. The molecule has 96 valence electrons. The second-order valence-corrected chi connectivity index (χ2v) is 4.41. The summed E-state index contributed by atoms with van der Waals surface area (Å²) >= 11 is 0. The third-order valence-corrected chi connectivity index (χ3v) is 3.11. The highest BCUT2D eigenvalue weighted by molar-refractivity contribution is 5.55. The standard InChI is InChI=1S/C13H17N3O2/c17-16(18)12-7-4-9-14-13(12)15-10-8-11-5-2-1-3-6-11/h4-5,7,9H,1-3,6,8,10H2,(H,14,15). The predicted octanol–water partition coefficient (Wildman–Crippen LogP) is 3.29. The Kier molecular flexibility index (Phi) is 4.28. The summed E-state index contributed by atoms with van der Waals surface area (Å²) in [6, 6.07) is 3.04. The van der Waals surface area contributed by atoms with E-state index in [1.807, 2.05) is 0 Å². The van der Waals surface area contributed by atoms with Crippen LogP contribution in [0.25, 0.3) is 0 Å². The van der Waals surface area contributed by atoms with Crippen LogP contribution in [0.4, 0.5) is 11.5 Å². The summed E-state index contributed by atoms with van der Waals surface area (Å²) in [7, 11) is 0. The average Bonchev–Trinajstić information content (AvgIpc) is 2.40. The van der Waals surface area contributed by atoms with Gasteiger partial charge in [-0.15, -0.1) is 0 Å². The number of aromatic nitrogens is 1. The lowest BCUT2D eigenvalue weighted by Gasteiger charge is -2.13. The van der Waals surface area contributed by atoms with Gasteiger partial charge in [-0.25, -0.2) is 4.98 Å². The zero-order valence-electron chi connectivity index (χ0n) is 10.3. The molecule has 0 radical (unpaired) electrons. The van der Waals surface area contributed by atoms with Crippen LogP contribution < -0.4 is 5.32 Å². The molecule has 1 heterocycles. The largest absolute Gasteiger partial charge is 0.364 e. The summed E-state index contributed by atoms with van der Waals surface area (Å²) in [6.07, 6.45) is 9.66. The van der Waals surface area contributed by atoms with Crippen LogP contribution in [0.15, 0.2) is 30.0 Å². The maximum absolute atomic E-state index is 10.8. The van der Waals surface area contributed by atoms with E-state index in [9.17, 15) is 10.1 Å². The Balaban J connectivity index is 1.90. The molecule has 2 rings (SSSR count). The highest BCUT2D eigenvalue weighted by Gasteiger charge is 2.13. The van der Waals surface area contributed by atoms with Crippen LogP contribution in [-0.4, -0.2) is 16.5 Å². The second kappa shape index (κ2) is 6.14. The van der Waals surface area contributed by atoms with Crippen molar-refractivity contribution in [3.8, 4) is 0 Å². The third-order valence-electron chi connectivity index (χ3n) is 3.11. The number of nitrogens with zero attached hydrogens (tertiary/aromatic N) is 2. The Morgan fingerprint density at radius 3 is 3.06 bits per heavy atom. The molecule has 1 aliphatic rings. The number of pyridine rings is 1. The Morgan fingerprint density at radius 1 is 1.44 bits per heavy atom. The van der Waals surface area contributed by atoms with Crippen molar-refractivity contribution in [3.05, 3.63) is 40.1 Å². The molecule has 1 aromatic heterocycles. The van der Waals surface area contributed by atoms with Crippen molar-refractivity contribution in [3.63, 3.8) is 0 Å². The number of nitrogens with one attached hydrogen (secondary N) is 1. The number of hydrogen-bond acceptors (Lipinski definition) is 4. The van der Waals surface area contributed by atoms with E-state index in [2.05, 4.69) is 16.4 Å². The summed E-state index contributed by atoms with van der Waals surface area (Å²) in [4.78, 5) is 14.4. The van der Waals surface area contributed by atoms with Crippen LogP contribution in [-0.2, 0) is 0 Å². The molecular formula is C13H17N3O2. The van der Waals surface area contributed by atoms with Crippen LogP contribution in [0.2, 0.25) is 0 Å². The van der Waals surface area contributed by atoms with Gasteiger partial charge in [-0.3, -0.25) is 10.1 Å². The average molecular weight is 247 g/mol. The zero-order chi connectivity index (χ0) is 12.8. The molecule has 0 saturated heterocycles. The van der Waals surface area contributed by atoms with Gasteiger partial charge in [-0.1, -0.05) is 11.6 Å². The first-order valence-electron chi connectivity index (χ1n) is 6.28. The zero-order valence-corrected chi connectivity index (χ0v) is 10.3. The van der Waals surface area contributed by atoms with E-state index >= 15 is 0 Å². The molecule has 0 fully saturated rings. The SMILES string of the molecule is O=[N+]([O-])c1cccnc1NCCC1=CCCCC1. The highest BCUT2D eigenvalue weighted by atomic mass is 16.6. The number of anilines is 1. The fourth-order valence-corrected chi connectivity index (χ4v) is 2.15. The van der Waals surface area contributed by atoms with Gasteiger partial charge in [0, 0.05) is 18.8 Å². The van der Waals surface area contributed by atoms with Gasteiger partial charge in [0.1, 0.15) is 0 Å². The van der Waals surface area contributed by atoms with E-state index in [0.717, 1.165) is 12.8 Å². The number of rotatable bonds is 5. The minimum atomic E-state index is -0.408. The van der Waals surface area contributed by atoms with Crippen LogP contribution in [0.5, 0.6) is 0 Å². The van der Waals surface area contributed by atoms with Crippen molar-refractivity contribution >= 4 is 11.5 Å². The van der Waals surface area contributed by atoms with Crippen LogP contribution in [0.3, 0.4) is 0 Å². The predicted molar refractivity (Wildman–Crippen MR) is 70.5 cm³/mol. The molecule has 0 saturated carbocycles. The molecule has 18 heavy (non-hydrogen) atoms. The van der Waals surface area contributed by atoms with Gasteiger partial charge in [0.05, 0.1) is 4.92 Å². The maximum atomic E-state index is 10.8. The van der Waals surface area contributed by atoms with Gasteiger partial charge in [-0.05, 0) is 38.2 Å². The molecular weight excluding hydrogens is 230 g/mol. The van der Waals surface area contributed by atoms with E-state index in [0.29, 0.717) is 12.4 Å². The fraction of sp³-hybridized carbons (Fsp3) is 0.462. The quantitative estimate of drug-likeness (QED) is 0.492.